The third-order valence-electron chi connectivity index (χ3n) is 5.94. The van der Waals surface area contributed by atoms with Crippen LogP contribution in [0.5, 0.6) is 0 Å². The lowest BCUT2D eigenvalue weighted by atomic mass is 9.98. The van der Waals surface area contributed by atoms with E-state index in [1.54, 1.807) is 11.8 Å². The van der Waals surface area contributed by atoms with E-state index in [1.165, 1.54) is 0 Å². The summed E-state index contributed by atoms with van der Waals surface area (Å²) in [6, 6.07) is 0. The lowest BCUT2D eigenvalue weighted by molar-refractivity contribution is -0.151. The van der Waals surface area contributed by atoms with E-state index < -0.39 is 0 Å². The topological polar surface area (TPSA) is 82.6 Å². The quantitative estimate of drug-likeness (QED) is 0.534. The highest BCUT2D eigenvalue weighted by Crippen LogP contribution is 2.18. The van der Waals surface area contributed by atoms with Gasteiger partial charge in [0.25, 0.3) is 0 Å². The van der Waals surface area contributed by atoms with Crippen molar-refractivity contribution >= 4 is 17.8 Å². The maximum absolute atomic E-state index is 12.7. The van der Waals surface area contributed by atoms with Crippen LogP contribution in [-0.2, 0) is 23.9 Å². The van der Waals surface area contributed by atoms with Crippen LogP contribution < -0.4 is 0 Å². The number of hydrogen-bond acceptors (Lipinski definition) is 7. The normalized spacial score (nSPS) is 24.4. The number of nitrogens with zero attached hydrogens (tertiary/aromatic N) is 4. The molecule has 164 valence electrons. The number of hydrogen-bond donors (Lipinski definition) is 0. The van der Waals surface area contributed by atoms with Gasteiger partial charge in [-0.15, -0.1) is 0 Å². The molecule has 0 radical (unpaired) electrons. The Balaban J connectivity index is 1.39. The second-order valence-electron chi connectivity index (χ2n) is 7.98. The maximum atomic E-state index is 12.7. The molecule has 29 heavy (non-hydrogen) atoms. The Morgan fingerprint density at radius 1 is 0.862 bits per heavy atom. The number of esters is 1. The van der Waals surface area contributed by atoms with Crippen LogP contribution >= 0.6 is 0 Å². The molecule has 0 spiro atoms. The van der Waals surface area contributed by atoms with E-state index in [9.17, 15) is 14.4 Å². The van der Waals surface area contributed by atoms with E-state index in [2.05, 4.69) is 9.80 Å². The summed E-state index contributed by atoms with van der Waals surface area (Å²) in [7, 11) is 0. The first-order valence-corrected chi connectivity index (χ1v) is 10.8. The van der Waals surface area contributed by atoms with Gasteiger partial charge in [0, 0.05) is 52.4 Å². The number of carbonyl (C=O) groups is 3. The third kappa shape index (κ3) is 6.38. The second kappa shape index (κ2) is 10.9. The van der Waals surface area contributed by atoms with E-state index in [0.717, 1.165) is 25.9 Å². The van der Waals surface area contributed by atoms with E-state index in [-0.39, 0.29) is 23.7 Å². The molecule has 3 rings (SSSR count). The van der Waals surface area contributed by atoms with Crippen LogP contribution in [0.3, 0.4) is 0 Å². The molecule has 1 atom stereocenters. The Bertz CT molecular complexity index is 573. The molecule has 0 saturated carbocycles. The zero-order chi connectivity index (χ0) is 20.6. The molecule has 0 bridgehead atoms. The van der Waals surface area contributed by atoms with Crippen molar-refractivity contribution in [1.82, 2.24) is 19.6 Å². The predicted octanol–water partition coefficient (Wildman–Crippen LogP) is -0.735. The molecule has 3 aliphatic heterocycles. The van der Waals surface area contributed by atoms with Crippen LogP contribution in [0.2, 0.25) is 0 Å². The molecule has 3 heterocycles. The molecule has 0 aromatic rings. The summed E-state index contributed by atoms with van der Waals surface area (Å²) in [5, 5.41) is 0. The highest BCUT2D eigenvalue weighted by Gasteiger charge is 2.31. The SMILES string of the molecule is CCOC(=O)C1CCCN(C(=O)CN2CCN(C(=O)CN3CCOCC3)CC2)C1. The van der Waals surface area contributed by atoms with Crippen molar-refractivity contribution in [2.75, 3.05) is 85.3 Å². The average Bonchev–Trinajstić information content (AvgIpc) is 2.75. The summed E-state index contributed by atoms with van der Waals surface area (Å²) in [5.41, 5.74) is 0. The number of morpholine rings is 1. The van der Waals surface area contributed by atoms with Gasteiger partial charge in [-0.1, -0.05) is 0 Å². The minimum Gasteiger partial charge on any atom is -0.466 e. The Hall–Kier alpha value is -1.71. The number of piperidine rings is 1. The van der Waals surface area contributed by atoms with Gasteiger partial charge >= 0.3 is 5.97 Å². The summed E-state index contributed by atoms with van der Waals surface area (Å²) in [6.07, 6.45) is 1.62. The molecular weight excluding hydrogens is 376 g/mol. The number of amides is 2. The van der Waals surface area contributed by atoms with Crippen molar-refractivity contribution in [3.63, 3.8) is 0 Å². The largest absolute Gasteiger partial charge is 0.466 e. The summed E-state index contributed by atoms with van der Waals surface area (Å²) in [4.78, 5) is 45.1. The van der Waals surface area contributed by atoms with E-state index in [0.29, 0.717) is 72.2 Å². The number of ether oxygens (including phenoxy) is 2. The van der Waals surface area contributed by atoms with Crippen molar-refractivity contribution in [3.8, 4) is 0 Å². The Labute approximate surface area is 172 Å². The van der Waals surface area contributed by atoms with Crippen molar-refractivity contribution in [2.24, 2.45) is 5.92 Å². The smallest absolute Gasteiger partial charge is 0.310 e. The fraction of sp³-hybridized carbons (Fsp3) is 0.850. The monoisotopic (exact) mass is 410 g/mol. The minimum absolute atomic E-state index is 0.0621. The van der Waals surface area contributed by atoms with E-state index in [1.807, 2.05) is 4.90 Å². The van der Waals surface area contributed by atoms with Gasteiger partial charge in [-0.3, -0.25) is 24.2 Å². The lowest BCUT2D eigenvalue weighted by Gasteiger charge is -2.37. The molecular formula is C20H34N4O5. The number of rotatable bonds is 6. The molecule has 3 saturated heterocycles. The highest BCUT2D eigenvalue weighted by atomic mass is 16.5. The van der Waals surface area contributed by atoms with Crippen LogP contribution in [0.1, 0.15) is 19.8 Å². The van der Waals surface area contributed by atoms with E-state index in [4.69, 9.17) is 9.47 Å². The van der Waals surface area contributed by atoms with Gasteiger partial charge in [0.2, 0.25) is 11.8 Å². The third-order valence-corrected chi connectivity index (χ3v) is 5.94. The first kappa shape index (κ1) is 22.0. The van der Waals surface area contributed by atoms with Gasteiger partial charge in [0.05, 0.1) is 38.8 Å². The molecule has 9 nitrogen and oxygen atoms in total. The van der Waals surface area contributed by atoms with Gasteiger partial charge in [0.15, 0.2) is 0 Å². The van der Waals surface area contributed by atoms with Crippen molar-refractivity contribution in [2.45, 2.75) is 19.8 Å². The van der Waals surface area contributed by atoms with Crippen molar-refractivity contribution < 1.29 is 23.9 Å². The molecule has 1 unspecified atom stereocenters. The van der Waals surface area contributed by atoms with Crippen LogP contribution in [0.4, 0.5) is 0 Å². The molecule has 0 aliphatic carbocycles. The van der Waals surface area contributed by atoms with E-state index >= 15 is 0 Å². The molecule has 9 heteroatoms. The zero-order valence-electron chi connectivity index (χ0n) is 17.5. The molecule has 0 aromatic heterocycles. The fourth-order valence-electron chi connectivity index (χ4n) is 4.15. The summed E-state index contributed by atoms with van der Waals surface area (Å²) >= 11 is 0. The Morgan fingerprint density at radius 2 is 1.48 bits per heavy atom. The number of carbonyl (C=O) groups excluding carboxylic acids is 3. The molecule has 3 aliphatic rings. The summed E-state index contributed by atoms with van der Waals surface area (Å²) in [5.74, 6) is -0.182. The molecule has 0 N–H and O–H groups in total. The molecule has 3 fully saturated rings. The zero-order valence-corrected chi connectivity index (χ0v) is 17.5. The number of likely N-dealkylation sites (tertiary alicyclic amines) is 1. The lowest BCUT2D eigenvalue weighted by Crippen LogP contribution is -2.54. The van der Waals surface area contributed by atoms with Crippen LogP contribution in [0.25, 0.3) is 0 Å². The van der Waals surface area contributed by atoms with Gasteiger partial charge in [-0.2, -0.15) is 0 Å². The fourth-order valence-corrected chi connectivity index (χ4v) is 4.15. The van der Waals surface area contributed by atoms with Crippen LogP contribution in [-0.4, -0.2) is 123 Å². The van der Waals surface area contributed by atoms with Gasteiger partial charge in [-0.25, -0.2) is 0 Å². The standard InChI is InChI=1S/C20H34N4O5/c1-2-29-20(27)17-4-3-5-24(14-17)19(26)16-21-6-8-23(9-7-21)18(25)15-22-10-12-28-13-11-22/h17H,2-16H2,1H3. The highest BCUT2D eigenvalue weighted by molar-refractivity contribution is 5.80. The van der Waals surface area contributed by atoms with Crippen molar-refractivity contribution in [1.29, 1.82) is 0 Å². The summed E-state index contributed by atoms with van der Waals surface area (Å²) < 4.78 is 10.4. The first-order chi connectivity index (χ1) is 14.1. The molecule has 2 amide bonds. The Kier molecular flexibility index (Phi) is 8.26. The van der Waals surface area contributed by atoms with Crippen LogP contribution in [0.15, 0.2) is 0 Å². The van der Waals surface area contributed by atoms with Crippen LogP contribution in [0, 0.1) is 5.92 Å². The number of piperazine rings is 1. The van der Waals surface area contributed by atoms with Gasteiger partial charge in [-0.05, 0) is 19.8 Å². The maximum Gasteiger partial charge on any atom is 0.310 e. The Morgan fingerprint density at radius 3 is 2.14 bits per heavy atom. The minimum atomic E-state index is -0.206. The van der Waals surface area contributed by atoms with Gasteiger partial charge < -0.3 is 19.3 Å². The predicted molar refractivity (Wildman–Crippen MR) is 106 cm³/mol. The second-order valence-corrected chi connectivity index (χ2v) is 7.98. The average molecular weight is 411 g/mol. The summed E-state index contributed by atoms with van der Waals surface area (Å²) in [6.45, 7) is 9.84. The van der Waals surface area contributed by atoms with Crippen molar-refractivity contribution in [3.05, 3.63) is 0 Å². The van der Waals surface area contributed by atoms with Gasteiger partial charge in [0.1, 0.15) is 0 Å². The molecule has 0 aromatic carbocycles. The first-order valence-electron chi connectivity index (χ1n) is 10.8.